The quantitative estimate of drug-likeness (QED) is 0.586. The van der Waals surface area contributed by atoms with E-state index in [0.717, 1.165) is 5.56 Å². The van der Waals surface area contributed by atoms with Gasteiger partial charge in [0.1, 0.15) is 0 Å². The van der Waals surface area contributed by atoms with Crippen molar-refractivity contribution in [2.24, 2.45) is 12.0 Å². The van der Waals surface area contributed by atoms with Crippen LogP contribution in [0.2, 0.25) is 0 Å². The van der Waals surface area contributed by atoms with Crippen LogP contribution in [0.25, 0.3) is 0 Å². The van der Waals surface area contributed by atoms with Crippen LogP contribution in [0.3, 0.4) is 0 Å². The van der Waals surface area contributed by atoms with E-state index in [1.165, 1.54) is 0 Å². The highest BCUT2D eigenvalue weighted by atomic mass is 19.4. The molecule has 132 valence electrons. The first kappa shape index (κ1) is 19.3. The molecule has 1 atom stereocenters. The summed E-state index contributed by atoms with van der Waals surface area (Å²) in [5.74, 6) is 0.382. The fourth-order valence-corrected chi connectivity index (χ4v) is 2.02. The zero-order chi connectivity index (χ0) is 17.5. The predicted molar refractivity (Wildman–Crippen MR) is 84.3 cm³/mol. The Bertz CT molecular complexity index is 495. The van der Waals surface area contributed by atoms with Crippen molar-refractivity contribution in [3.05, 3.63) is 18.0 Å². The Labute approximate surface area is 134 Å². The Balaban J connectivity index is 2.69. The molecule has 1 heterocycles. The van der Waals surface area contributed by atoms with Gasteiger partial charge in [-0.1, -0.05) is 0 Å². The van der Waals surface area contributed by atoms with Crippen molar-refractivity contribution in [1.29, 1.82) is 0 Å². The number of halogens is 3. The molecule has 0 bridgehead atoms. The smallest absolute Gasteiger partial charge is 0.357 e. The summed E-state index contributed by atoms with van der Waals surface area (Å²) < 4.78 is 38.4. The molecule has 0 saturated carbocycles. The minimum absolute atomic E-state index is 0.00164. The summed E-state index contributed by atoms with van der Waals surface area (Å²) in [6.45, 7) is 2.66. The topological polar surface area (TPSA) is 57.5 Å². The van der Waals surface area contributed by atoms with E-state index in [9.17, 15) is 13.2 Å². The molecule has 6 nitrogen and oxygen atoms in total. The van der Waals surface area contributed by atoms with E-state index in [1.807, 2.05) is 39.2 Å². The van der Waals surface area contributed by atoms with Crippen molar-refractivity contribution < 1.29 is 13.2 Å². The highest BCUT2D eigenvalue weighted by molar-refractivity contribution is 5.79. The predicted octanol–water partition coefficient (Wildman–Crippen LogP) is 1.53. The van der Waals surface area contributed by atoms with Crippen molar-refractivity contribution in [2.75, 3.05) is 33.7 Å². The van der Waals surface area contributed by atoms with Crippen molar-refractivity contribution in [1.82, 2.24) is 25.3 Å². The van der Waals surface area contributed by atoms with Crippen LogP contribution in [0.15, 0.2) is 17.4 Å². The highest BCUT2D eigenvalue weighted by Gasteiger charge is 2.26. The lowest BCUT2D eigenvalue weighted by Gasteiger charge is -2.22. The van der Waals surface area contributed by atoms with Gasteiger partial charge in [-0.05, 0) is 21.0 Å². The van der Waals surface area contributed by atoms with E-state index in [0.29, 0.717) is 19.0 Å². The minimum Gasteiger partial charge on any atom is -0.357 e. The maximum atomic E-state index is 12.2. The van der Waals surface area contributed by atoms with Crippen LogP contribution in [0.5, 0.6) is 0 Å². The van der Waals surface area contributed by atoms with Crippen molar-refractivity contribution >= 4 is 5.96 Å². The zero-order valence-electron chi connectivity index (χ0n) is 14.0. The Hall–Kier alpha value is -1.77. The van der Waals surface area contributed by atoms with Gasteiger partial charge in [0.05, 0.1) is 25.2 Å². The Morgan fingerprint density at radius 1 is 1.39 bits per heavy atom. The summed E-state index contributed by atoms with van der Waals surface area (Å²) in [6.07, 6.45) is -1.39. The molecule has 1 aromatic rings. The lowest BCUT2D eigenvalue weighted by Crippen LogP contribution is -2.39. The third-order valence-electron chi connectivity index (χ3n) is 3.20. The lowest BCUT2D eigenvalue weighted by atomic mass is 10.1. The van der Waals surface area contributed by atoms with E-state index >= 15 is 0 Å². The van der Waals surface area contributed by atoms with E-state index in [1.54, 1.807) is 10.9 Å². The van der Waals surface area contributed by atoms with Crippen molar-refractivity contribution in [2.45, 2.75) is 25.6 Å². The monoisotopic (exact) mass is 334 g/mol. The van der Waals surface area contributed by atoms with E-state index in [2.05, 4.69) is 20.7 Å². The van der Waals surface area contributed by atoms with Crippen LogP contribution in [-0.4, -0.2) is 60.5 Å². The van der Waals surface area contributed by atoms with Gasteiger partial charge in [-0.25, -0.2) is 0 Å². The van der Waals surface area contributed by atoms with E-state index < -0.39 is 12.6 Å². The van der Waals surface area contributed by atoms with Crippen LogP contribution in [-0.2, 0) is 7.05 Å². The molecule has 0 aromatic carbocycles. The highest BCUT2D eigenvalue weighted by Crippen LogP contribution is 2.19. The van der Waals surface area contributed by atoms with Crippen LogP contribution < -0.4 is 10.6 Å². The molecule has 0 fully saturated rings. The number of rotatable bonds is 7. The van der Waals surface area contributed by atoms with Gasteiger partial charge < -0.3 is 15.5 Å². The molecule has 0 aliphatic heterocycles. The second-order valence-corrected chi connectivity index (χ2v) is 5.44. The molecule has 1 aromatic heterocycles. The number of nitrogens with one attached hydrogen (secondary N) is 2. The Kier molecular flexibility index (Phi) is 7.34. The SMILES string of the molecule is CCNC(=NCC(c1cnn(C)c1)N(C)C)NCCC(F)(F)F. The fourth-order valence-electron chi connectivity index (χ4n) is 2.02. The van der Waals surface area contributed by atoms with Crippen molar-refractivity contribution in [3.63, 3.8) is 0 Å². The number of hydrogen-bond donors (Lipinski definition) is 2. The standard InChI is InChI=1S/C14H25F3N6/c1-5-18-13(19-7-6-14(15,16)17)20-9-12(22(2)3)11-8-21-23(4)10-11/h8,10,12H,5-7,9H2,1-4H3,(H2,18,19,20). The van der Waals surface area contributed by atoms with Gasteiger partial charge in [0.2, 0.25) is 0 Å². The summed E-state index contributed by atoms with van der Waals surface area (Å²) in [7, 11) is 5.69. The van der Waals surface area contributed by atoms with E-state index in [4.69, 9.17) is 0 Å². The van der Waals surface area contributed by atoms with Crippen LogP contribution in [0.1, 0.15) is 24.9 Å². The number of hydrogen-bond acceptors (Lipinski definition) is 3. The molecule has 0 amide bonds. The van der Waals surface area contributed by atoms with Gasteiger partial charge in [0.15, 0.2) is 5.96 Å². The minimum atomic E-state index is -4.17. The fraction of sp³-hybridized carbons (Fsp3) is 0.714. The van der Waals surface area contributed by atoms with Crippen LogP contribution in [0, 0.1) is 0 Å². The molecule has 0 aliphatic rings. The maximum absolute atomic E-state index is 12.2. The average molecular weight is 334 g/mol. The number of nitrogens with zero attached hydrogens (tertiary/aromatic N) is 4. The van der Waals surface area contributed by atoms with E-state index in [-0.39, 0.29) is 12.6 Å². The molecular formula is C14H25F3N6. The van der Waals surface area contributed by atoms with Gasteiger partial charge >= 0.3 is 6.18 Å². The van der Waals surface area contributed by atoms with Gasteiger partial charge in [-0.15, -0.1) is 0 Å². The average Bonchev–Trinajstić information content (AvgIpc) is 2.83. The van der Waals surface area contributed by atoms with Gasteiger partial charge in [-0.2, -0.15) is 18.3 Å². The second-order valence-electron chi connectivity index (χ2n) is 5.44. The molecule has 1 rings (SSSR count). The van der Waals surface area contributed by atoms with Gasteiger partial charge in [0, 0.05) is 31.9 Å². The first-order chi connectivity index (χ1) is 10.7. The first-order valence-corrected chi connectivity index (χ1v) is 7.47. The Morgan fingerprint density at radius 2 is 2.09 bits per heavy atom. The molecule has 0 spiro atoms. The summed E-state index contributed by atoms with van der Waals surface area (Å²) >= 11 is 0. The van der Waals surface area contributed by atoms with Gasteiger partial charge in [0.25, 0.3) is 0 Å². The lowest BCUT2D eigenvalue weighted by molar-refractivity contribution is -0.132. The number of guanidine groups is 1. The Morgan fingerprint density at radius 3 is 2.57 bits per heavy atom. The molecule has 2 N–H and O–H groups in total. The normalized spacial score (nSPS) is 14.2. The number of likely N-dealkylation sites (N-methyl/N-ethyl adjacent to an activating group) is 1. The zero-order valence-corrected chi connectivity index (χ0v) is 14.0. The number of aryl methyl sites for hydroxylation is 1. The second kappa shape index (κ2) is 8.76. The van der Waals surface area contributed by atoms with Gasteiger partial charge in [-0.3, -0.25) is 9.67 Å². The summed E-state index contributed by atoms with van der Waals surface area (Å²) in [5.41, 5.74) is 1.01. The summed E-state index contributed by atoms with van der Waals surface area (Å²) in [6, 6.07) is 0.00164. The molecule has 0 aliphatic carbocycles. The first-order valence-electron chi connectivity index (χ1n) is 7.47. The number of alkyl halides is 3. The summed E-state index contributed by atoms with van der Waals surface area (Å²) in [4.78, 5) is 6.39. The molecule has 0 saturated heterocycles. The molecule has 9 heteroatoms. The molecular weight excluding hydrogens is 309 g/mol. The molecule has 23 heavy (non-hydrogen) atoms. The third-order valence-corrected chi connectivity index (χ3v) is 3.20. The summed E-state index contributed by atoms with van der Waals surface area (Å²) in [5, 5.41) is 9.80. The maximum Gasteiger partial charge on any atom is 0.390 e. The number of aromatic nitrogens is 2. The molecule has 0 radical (unpaired) electrons. The molecule has 1 unspecified atom stereocenters. The largest absolute Gasteiger partial charge is 0.390 e. The van der Waals surface area contributed by atoms with Crippen LogP contribution >= 0.6 is 0 Å². The third kappa shape index (κ3) is 7.36. The van der Waals surface area contributed by atoms with Crippen molar-refractivity contribution in [3.8, 4) is 0 Å². The van der Waals surface area contributed by atoms with Crippen LogP contribution in [0.4, 0.5) is 13.2 Å². The number of aliphatic imine (C=N–C) groups is 1.